The number of hydrogen-bond donors (Lipinski definition) is 1. The molecule has 1 amide bonds. The Labute approximate surface area is 164 Å². The summed E-state index contributed by atoms with van der Waals surface area (Å²) in [6.07, 6.45) is 0. The summed E-state index contributed by atoms with van der Waals surface area (Å²) in [5, 5.41) is 16.2. The van der Waals surface area contributed by atoms with Crippen LogP contribution in [0.25, 0.3) is 11.0 Å². The minimum absolute atomic E-state index is 0.00380. The highest BCUT2D eigenvalue weighted by Crippen LogP contribution is 2.30. The summed E-state index contributed by atoms with van der Waals surface area (Å²) in [5.74, 6) is 0.315. The lowest BCUT2D eigenvalue weighted by atomic mass is 10.2. The number of fused-ring (bicyclic) bond motifs is 1. The number of carbonyl (C=O) groups excluding carboxylic acids is 2. The highest BCUT2D eigenvalue weighted by molar-refractivity contribution is 7.99. The van der Waals surface area contributed by atoms with Gasteiger partial charge in [0.25, 0.3) is 5.91 Å². The summed E-state index contributed by atoms with van der Waals surface area (Å²) >= 11 is 1.35. The van der Waals surface area contributed by atoms with E-state index in [1.165, 1.54) is 11.8 Å². The molecule has 0 aliphatic carbocycles. The number of nitrogens with one attached hydrogen (secondary N) is 1. The largest absolute Gasteiger partial charge is 0.455 e. The second-order valence-electron chi connectivity index (χ2n) is 5.92. The first kappa shape index (κ1) is 19.5. The SMILES string of the molecule is Cc1noc(C)c1CSCC(=O)OCC(=O)Nc1c(C#N)oc2ccccc12. The van der Waals surface area contributed by atoms with Crippen LogP contribution in [0.2, 0.25) is 0 Å². The van der Waals surface area contributed by atoms with Crippen LogP contribution in [0.3, 0.4) is 0 Å². The van der Waals surface area contributed by atoms with Crippen LogP contribution in [0, 0.1) is 25.2 Å². The van der Waals surface area contributed by atoms with Crippen LogP contribution < -0.4 is 5.32 Å². The summed E-state index contributed by atoms with van der Waals surface area (Å²) in [6.45, 7) is 3.20. The van der Waals surface area contributed by atoms with Crippen molar-refractivity contribution >= 4 is 40.3 Å². The molecular formula is C19H17N3O5S. The fourth-order valence-electron chi connectivity index (χ4n) is 2.56. The Morgan fingerprint density at radius 1 is 1.32 bits per heavy atom. The fourth-order valence-corrected chi connectivity index (χ4v) is 3.52. The van der Waals surface area contributed by atoms with E-state index in [1.54, 1.807) is 24.3 Å². The van der Waals surface area contributed by atoms with E-state index < -0.39 is 18.5 Å². The van der Waals surface area contributed by atoms with E-state index in [0.717, 1.165) is 17.0 Å². The van der Waals surface area contributed by atoms with E-state index in [9.17, 15) is 14.9 Å². The number of nitriles is 1. The lowest BCUT2D eigenvalue weighted by Crippen LogP contribution is -2.21. The maximum Gasteiger partial charge on any atom is 0.316 e. The molecule has 144 valence electrons. The molecule has 8 nitrogen and oxygen atoms in total. The topological polar surface area (TPSA) is 118 Å². The van der Waals surface area contributed by atoms with Gasteiger partial charge in [0.1, 0.15) is 23.1 Å². The molecule has 0 atom stereocenters. The standard InChI is InChI=1S/C19H17N3O5S/c1-11-14(12(2)27-22-11)9-28-10-18(24)25-8-17(23)21-19-13-5-3-4-6-15(13)26-16(19)7-20/h3-6H,8-10H2,1-2H3,(H,21,23). The third-order valence-electron chi connectivity index (χ3n) is 3.97. The molecule has 0 aliphatic heterocycles. The molecule has 0 saturated carbocycles. The number of rotatable bonds is 7. The van der Waals surface area contributed by atoms with Gasteiger partial charge in [0.2, 0.25) is 5.76 Å². The van der Waals surface area contributed by atoms with Gasteiger partial charge in [-0.1, -0.05) is 17.3 Å². The molecule has 28 heavy (non-hydrogen) atoms. The summed E-state index contributed by atoms with van der Waals surface area (Å²) in [6, 6.07) is 8.86. The number of aryl methyl sites for hydroxylation is 2. The normalized spacial score (nSPS) is 10.6. The Morgan fingerprint density at radius 2 is 2.11 bits per heavy atom. The lowest BCUT2D eigenvalue weighted by molar-refractivity contribution is -0.144. The van der Waals surface area contributed by atoms with Gasteiger partial charge < -0.3 is 19.0 Å². The molecule has 1 aromatic carbocycles. The number of hydrogen-bond acceptors (Lipinski definition) is 8. The van der Waals surface area contributed by atoms with Crippen LogP contribution >= 0.6 is 11.8 Å². The van der Waals surface area contributed by atoms with Crippen LogP contribution in [0.15, 0.2) is 33.2 Å². The van der Waals surface area contributed by atoms with Gasteiger partial charge in [-0.05, 0) is 26.0 Å². The van der Waals surface area contributed by atoms with Gasteiger partial charge in [-0.15, -0.1) is 11.8 Å². The number of anilines is 1. The second kappa shape index (κ2) is 8.63. The average Bonchev–Trinajstić information content (AvgIpc) is 3.20. The van der Waals surface area contributed by atoms with Crippen molar-refractivity contribution in [2.45, 2.75) is 19.6 Å². The number of carbonyl (C=O) groups is 2. The number of aromatic nitrogens is 1. The molecular weight excluding hydrogens is 382 g/mol. The summed E-state index contributed by atoms with van der Waals surface area (Å²) in [4.78, 5) is 24.0. The third-order valence-corrected chi connectivity index (χ3v) is 4.91. The Bertz CT molecular complexity index is 1040. The molecule has 1 N–H and O–H groups in total. The predicted molar refractivity (Wildman–Crippen MR) is 103 cm³/mol. The number of para-hydroxylation sites is 1. The third kappa shape index (κ3) is 4.35. The fraction of sp³-hybridized carbons (Fsp3) is 0.263. The van der Waals surface area contributed by atoms with Gasteiger partial charge in [-0.2, -0.15) is 5.26 Å². The van der Waals surface area contributed by atoms with Crippen molar-refractivity contribution in [2.24, 2.45) is 0 Å². The van der Waals surface area contributed by atoms with Crippen molar-refractivity contribution in [3.8, 4) is 6.07 Å². The molecule has 9 heteroatoms. The van der Waals surface area contributed by atoms with E-state index in [-0.39, 0.29) is 17.2 Å². The maximum absolute atomic E-state index is 12.1. The number of nitrogens with zero attached hydrogens (tertiary/aromatic N) is 2. The van der Waals surface area contributed by atoms with Crippen LogP contribution in [0.1, 0.15) is 22.8 Å². The Kier molecular flexibility index (Phi) is 6.01. The minimum Gasteiger partial charge on any atom is -0.455 e. The van der Waals surface area contributed by atoms with Gasteiger partial charge in [-0.3, -0.25) is 9.59 Å². The minimum atomic E-state index is -0.549. The van der Waals surface area contributed by atoms with Crippen LogP contribution in [-0.4, -0.2) is 29.4 Å². The quantitative estimate of drug-likeness (QED) is 0.601. The molecule has 2 aromatic heterocycles. The summed E-state index contributed by atoms with van der Waals surface area (Å²) in [7, 11) is 0. The Hall–Kier alpha value is -3.25. The van der Waals surface area contributed by atoms with E-state index in [1.807, 2.05) is 19.9 Å². The smallest absolute Gasteiger partial charge is 0.316 e. The zero-order chi connectivity index (χ0) is 20.1. The number of esters is 1. The zero-order valence-electron chi connectivity index (χ0n) is 15.3. The molecule has 0 radical (unpaired) electrons. The maximum atomic E-state index is 12.1. The molecule has 0 bridgehead atoms. The Morgan fingerprint density at radius 3 is 2.82 bits per heavy atom. The predicted octanol–water partition coefficient (Wildman–Crippen LogP) is 3.32. The number of ether oxygens (including phenoxy) is 1. The zero-order valence-corrected chi connectivity index (χ0v) is 16.1. The molecule has 3 rings (SSSR count). The van der Waals surface area contributed by atoms with Crippen molar-refractivity contribution in [3.63, 3.8) is 0 Å². The lowest BCUT2D eigenvalue weighted by Gasteiger charge is -2.06. The molecule has 0 fully saturated rings. The van der Waals surface area contributed by atoms with E-state index >= 15 is 0 Å². The monoisotopic (exact) mass is 399 g/mol. The number of benzene rings is 1. The Balaban J connectivity index is 1.49. The number of amides is 1. The van der Waals surface area contributed by atoms with Gasteiger partial charge >= 0.3 is 5.97 Å². The van der Waals surface area contributed by atoms with Crippen molar-refractivity contribution in [1.29, 1.82) is 5.26 Å². The van der Waals surface area contributed by atoms with Gasteiger partial charge in [0.05, 0.1) is 11.4 Å². The van der Waals surface area contributed by atoms with Gasteiger partial charge in [-0.25, -0.2) is 0 Å². The highest BCUT2D eigenvalue weighted by atomic mass is 32.2. The highest BCUT2D eigenvalue weighted by Gasteiger charge is 2.17. The van der Waals surface area contributed by atoms with Crippen LogP contribution in [0.4, 0.5) is 5.69 Å². The second-order valence-corrected chi connectivity index (χ2v) is 6.90. The molecule has 0 spiro atoms. The molecule has 3 aromatic rings. The van der Waals surface area contributed by atoms with Gasteiger partial charge in [0, 0.05) is 16.7 Å². The van der Waals surface area contributed by atoms with Crippen LogP contribution in [-0.2, 0) is 20.1 Å². The summed E-state index contributed by atoms with van der Waals surface area (Å²) < 4.78 is 15.4. The number of furan rings is 1. The number of thioether (sulfide) groups is 1. The van der Waals surface area contributed by atoms with Crippen molar-refractivity contribution in [3.05, 3.63) is 47.0 Å². The molecule has 2 heterocycles. The van der Waals surface area contributed by atoms with Crippen molar-refractivity contribution < 1.29 is 23.3 Å². The molecule has 0 aliphatic rings. The van der Waals surface area contributed by atoms with Crippen LogP contribution in [0.5, 0.6) is 0 Å². The van der Waals surface area contributed by atoms with Crippen molar-refractivity contribution in [2.75, 3.05) is 17.7 Å². The first-order valence-electron chi connectivity index (χ1n) is 8.36. The van der Waals surface area contributed by atoms with Gasteiger partial charge in [0.15, 0.2) is 6.61 Å². The average molecular weight is 399 g/mol. The molecule has 0 unspecified atom stereocenters. The summed E-state index contributed by atoms with van der Waals surface area (Å²) in [5.41, 5.74) is 2.50. The van der Waals surface area contributed by atoms with Crippen molar-refractivity contribution in [1.82, 2.24) is 5.16 Å². The first-order valence-corrected chi connectivity index (χ1v) is 9.51. The molecule has 0 saturated heterocycles. The van der Waals surface area contributed by atoms with E-state index in [2.05, 4.69) is 10.5 Å². The van der Waals surface area contributed by atoms with E-state index in [4.69, 9.17) is 13.7 Å². The first-order chi connectivity index (χ1) is 13.5. The van der Waals surface area contributed by atoms with E-state index in [0.29, 0.717) is 16.7 Å².